The van der Waals surface area contributed by atoms with Crippen LogP contribution in [0, 0.1) is 12.7 Å². The summed E-state index contributed by atoms with van der Waals surface area (Å²) in [4.78, 5) is 0.00630. The maximum atomic E-state index is 12.9. The number of sulfonamides is 1. The first-order valence-electron chi connectivity index (χ1n) is 5.96. The van der Waals surface area contributed by atoms with Crippen molar-refractivity contribution >= 4 is 31.6 Å². The van der Waals surface area contributed by atoms with E-state index in [1.807, 2.05) is 6.92 Å². The smallest absolute Gasteiger partial charge is 0.265 e. The molecule has 0 aromatic heterocycles. The number of hydrogen-bond donors (Lipinski definition) is 1. The first-order valence-corrected chi connectivity index (χ1v) is 8.23. The van der Waals surface area contributed by atoms with Crippen LogP contribution < -0.4 is 9.46 Å². The molecule has 0 amide bonds. The van der Waals surface area contributed by atoms with Gasteiger partial charge in [-0.25, -0.2) is 12.8 Å². The van der Waals surface area contributed by atoms with E-state index < -0.39 is 15.8 Å². The number of anilines is 1. The molecule has 4 nitrogen and oxygen atoms in total. The number of nitrogens with one attached hydrogen (secondary N) is 1. The van der Waals surface area contributed by atoms with E-state index in [1.54, 1.807) is 6.07 Å². The third kappa shape index (κ3) is 3.54. The molecule has 0 saturated carbocycles. The third-order valence-corrected chi connectivity index (χ3v) is 5.09. The van der Waals surface area contributed by atoms with Crippen LogP contribution in [0.4, 0.5) is 10.1 Å². The number of ether oxygens (including phenoxy) is 1. The van der Waals surface area contributed by atoms with Crippen LogP contribution in [-0.4, -0.2) is 15.5 Å². The average Bonchev–Trinajstić information content (AvgIpc) is 2.43. The summed E-state index contributed by atoms with van der Waals surface area (Å²) in [5.74, 6) is -0.195. The predicted octanol–water partition coefficient (Wildman–Crippen LogP) is 3.71. The fraction of sp³-hybridized carbons (Fsp3) is 0.143. The van der Waals surface area contributed by atoms with Gasteiger partial charge < -0.3 is 4.74 Å². The number of rotatable bonds is 4. The summed E-state index contributed by atoms with van der Waals surface area (Å²) in [6, 6.07) is 8.16. The van der Waals surface area contributed by atoms with Gasteiger partial charge in [-0.2, -0.15) is 0 Å². The van der Waals surface area contributed by atoms with Gasteiger partial charge in [-0.1, -0.05) is 15.9 Å². The molecule has 2 rings (SSSR count). The van der Waals surface area contributed by atoms with Crippen LogP contribution in [0.1, 0.15) is 5.56 Å². The monoisotopic (exact) mass is 373 g/mol. The fourth-order valence-corrected chi connectivity index (χ4v) is 3.47. The fourth-order valence-electron chi connectivity index (χ4n) is 1.73. The van der Waals surface area contributed by atoms with Crippen molar-refractivity contribution in [1.82, 2.24) is 0 Å². The normalized spacial score (nSPS) is 11.2. The molecule has 21 heavy (non-hydrogen) atoms. The minimum Gasteiger partial charge on any atom is -0.495 e. The van der Waals surface area contributed by atoms with Crippen LogP contribution in [0.25, 0.3) is 0 Å². The van der Waals surface area contributed by atoms with Crippen molar-refractivity contribution in [2.24, 2.45) is 0 Å². The lowest BCUT2D eigenvalue weighted by atomic mass is 10.2. The van der Waals surface area contributed by atoms with Crippen LogP contribution >= 0.6 is 15.9 Å². The maximum absolute atomic E-state index is 12.9. The van der Waals surface area contributed by atoms with Gasteiger partial charge in [0.15, 0.2) is 0 Å². The average molecular weight is 374 g/mol. The SMILES string of the molecule is COc1cc(C)c(Br)cc1S(=O)(=O)Nc1ccc(F)cc1. The second kappa shape index (κ2) is 6.03. The molecule has 0 aliphatic rings. The molecule has 0 aliphatic carbocycles. The van der Waals surface area contributed by atoms with Gasteiger partial charge in [0, 0.05) is 10.2 Å². The first kappa shape index (κ1) is 15.8. The number of benzene rings is 2. The van der Waals surface area contributed by atoms with Gasteiger partial charge in [-0.05, 0) is 48.9 Å². The molecule has 0 heterocycles. The Morgan fingerprint density at radius 3 is 2.38 bits per heavy atom. The summed E-state index contributed by atoms with van der Waals surface area (Å²) in [7, 11) is -2.43. The molecule has 2 aromatic carbocycles. The standard InChI is InChI=1S/C14H13BrFNO3S/c1-9-7-13(20-2)14(8-12(9)15)21(18,19)17-11-5-3-10(16)4-6-11/h3-8,17H,1-2H3. The van der Waals surface area contributed by atoms with E-state index in [0.717, 1.165) is 5.56 Å². The molecule has 0 atom stereocenters. The largest absolute Gasteiger partial charge is 0.495 e. The molecule has 2 aromatic rings. The summed E-state index contributed by atoms with van der Waals surface area (Å²) in [6.07, 6.45) is 0. The molecular formula is C14H13BrFNO3S. The van der Waals surface area contributed by atoms with Crippen molar-refractivity contribution in [2.75, 3.05) is 11.8 Å². The molecule has 0 bridgehead atoms. The second-order valence-corrected chi connectivity index (χ2v) is 6.87. The lowest BCUT2D eigenvalue weighted by Gasteiger charge is -2.13. The van der Waals surface area contributed by atoms with E-state index >= 15 is 0 Å². The highest BCUT2D eigenvalue weighted by molar-refractivity contribution is 9.10. The predicted molar refractivity (Wildman–Crippen MR) is 82.6 cm³/mol. The van der Waals surface area contributed by atoms with Gasteiger partial charge in [0.25, 0.3) is 10.0 Å². The van der Waals surface area contributed by atoms with Gasteiger partial charge >= 0.3 is 0 Å². The third-order valence-electron chi connectivity index (χ3n) is 2.83. The Labute approximate surface area is 131 Å². The van der Waals surface area contributed by atoms with E-state index in [2.05, 4.69) is 20.7 Å². The highest BCUT2D eigenvalue weighted by Gasteiger charge is 2.21. The Morgan fingerprint density at radius 1 is 1.19 bits per heavy atom. The molecular weight excluding hydrogens is 361 g/mol. The number of hydrogen-bond acceptors (Lipinski definition) is 3. The molecule has 0 spiro atoms. The zero-order valence-electron chi connectivity index (χ0n) is 11.4. The van der Waals surface area contributed by atoms with E-state index in [-0.39, 0.29) is 16.3 Å². The van der Waals surface area contributed by atoms with Crippen LogP contribution in [0.5, 0.6) is 5.75 Å². The van der Waals surface area contributed by atoms with Crippen LogP contribution in [0.15, 0.2) is 45.8 Å². The molecule has 0 saturated heterocycles. The van der Waals surface area contributed by atoms with Gasteiger partial charge in [0.2, 0.25) is 0 Å². The quantitative estimate of drug-likeness (QED) is 0.888. The van der Waals surface area contributed by atoms with E-state index in [0.29, 0.717) is 4.47 Å². The minimum absolute atomic E-state index is 0.00630. The van der Waals surface area contributed by atoms with E-state index in [1.165, 1.54) is 37.4 Å². The number of methoxy groups -OCH3 is 1. The van der Waals surface area contributed by atoms with Crippen LogP contribution in [-0.2, 0) is 10.0 Å². The Morgan fingerprint density at radius 2 is 1.81 bits per heavy atom. The zero-order valence-corrected chi connectivity index (χ0v) is 13.8. The molecule has 112 valence electrons. The Kier molecular flexibility index (Phi) is 4.53. The summed E-state index contributed by atoms with van der Waals surface area (Å²) in [5, 5.41) is 0. The highest BCUT2D eigenvalue weighted by atomic mass is 79.9. The van der Waals surface area contributed by atoms with E-state index in [9.17, 15) is 12.8 Å². The highest BCUT2D eigenvalue weighted by Crippen LogP contribution is 2.31. The molecule has 1 N–H and O–H groups in total. The van der Waals surface area contributed by atoms with Crippen molar-refractivity contribution in [3.05, 3.63) is 52.3 Å². The second-order valence-electron chi connectivity index (χ2n) is 4.36. The molecule has 0 fully saturated rings. The maximum Gasteiger partial charge on any atom is 0.265 e. The van der Waals surface area contributed by atoms with E-state index in [4.69, 9.17) is 4.74 Å². The lowest BCUT2D eigenvalue weighted by Crippen LogP contribution is -2.14. The summed E-state index contributed by atoms with van der Waals surface area (Å²) >= 11 is 3.30. The summed E-state index contributed by atoms with van der Waals surface area (Å²) in [5.41, 5.74) is 1.13. The van der Waals surface area contributed by atoms with Crippen LogP contribution in [0.2, 0.25) is 0 Å². The van der Waals surface area contributed by atoms with Crippen LogP contribution in [0.3, 0.4) is 0 Å². The Hall–Kier alpha value is -1.60. The van der Waals surface area contributed by atoms with Crippen molar-refractivity contribution in [3.63, 3.8) is 0 Å². The van der Waals surface area contributed by atoms with Crippen molar-refractivity contribution in [2.45, 2.75) is 11.8 Å². The van der Waals surface area contributed by atoms with Crippen molar-refractivity contribution in [3.8, 4) is 5.75 Å². The Balaban J connectivity index is 2.44. The number of halogens is 2. The van der Waals surface area contributed by atoms with Crippen molar-refractivity contribution < 1.29 is 17.5 Å². The summed E-state index contributed by atoms with van der Waals surface area (Å²) < 4.78 is 45.9. The van der Waals surface area contributed by atoms with Crippen molar-refractivity contribution in [1.29, 1.82) is 0 Å². The van der Waals surface area contributed by atoms with Gasteiger partial charge in [0.1, 0.15) is 16.5 Å². The summed E-state index contributed by atoms with van der Waals surface area (Å²) in [6.45, 7) is 1.83. The molecule has 0 aliphatic heterocycles. The van der Waals surface area contributed by atoms with Gasteiger partial charge in [-0.3, -0.25) is 4.72 Å². The minimum atomic E-state index is -3.84. The molecule has 0 unspecified atom stereocenters. The molecule has 0 radical (unpaired) electrons. The first-order chi connectivity index (χ1) is 9.83. The Bertz CT molecular complexity index is 761. The van der Waals surface area contributed by atoms with Gasteiger partial charge in [0.05, 0.1) is 7.11 Å². The molecule has 7 heteroatoms. The lowest BCUT2D eigenvalue weighted by molar-refractivity contribution is 0.402. The number of aryl methyl sites for hydroxylation is 1. The zero-order chi connectivity index (χ0) is 15.6. The topological polar surface area (TPSA) is 55.4 Å². The van der Waals surface area contributed by atoms with Gasteiger partial charge in [-0.15, -0.1) is 0 Å².